The van der Waals surface area contributed by atoms with E-state index in [1.807, 2.05) is 42.1 Å². The molecule has 6 aliphatic rings. The molecule has 9 rings (SSSR count). The van der Waals surface area contributed by atoms with Crippen LogP contribution in [-0.4, -0.2) is 122 Å². The third kappa shape index (κ3) is 10.9. The van der Waals surface area contributed by atoms with Gasteiger partial charge in [-0.25, -0.2) is 30.3 Å². The van der Waals surface area contributed by atoms with Crippen LogP contribution in [0.2, 0.25) is 0 Å². The molecule has 2 aliphatic heterocycles. The highest BCUT2D eigenvalue weighted by atomic mass is 32.2. The van der Waals surface area contributed by atoms with Gasteiger partial charge >= 0.3 is 5.51 Å². The van der Waals surface area contributed by atoms with Crippen molar-refractivity contribution in [2.24, 2.45) is 16.2 Å². The van der Waals surface area contributed by atoms with E-state index in [1.54, 1.807) is 12.1 Å². The summed E-state index contributed by atoms with van der Waals surface area (Å²) in [7, 11) is -9.00. The van der Waals surface area contributed by atoms with Crippen molar-refractivity contribution in [3.05, 3.63) is 89.5 Å². The number of sulfonamides is 1. The molecule has 1 atom stereocenters. The van der Waals surface area contributed by atoms with Crippen LogP contribution in [0.25, 0.3) is 0 Å². The Kier molecular flexibility index (Phi) is 14.7. The molecule has 2 bridgehead atoms. The quantitative estimate of drug-likeness (QED) is 0.0643. The van der Waals surface area contributed by atoms with Crippen LogP contribution in [0.3, 0.4) is 0 Å². The first-order valence-electron chi connectivity index (χ1n) is 23.5. The van der Waals surface area contributed by atoms with Crippen LogP contribution in [0.5, 0.6) is 0 Å². The maximum Gasteiger partial charge on any atom is 0.501 e. The normalized spacial score (nSPS) is 24.3. The monoisotopic (exact) mass is 1010 g/mol. The topological polar surface area (TPSA) is 131 Å². The Morgan fingerprint density at radius 3 is 2.15 bits per heavy atom. The van der Waals surface area contributed by atoms with Crippen molar-refractivity contribution in [2.75, 3.05) is 75.4 Å². The second kappa shape index (κ2) is 19.8. The van der Waals surface area contributed by atoms with E-state index in [-0.39, 0.29) is 16.4 Å². The lowest BCUT2D eigenvalue weighted by Gasteiger charge is -2.72. The van der Waals surface area contributed by atoms with E-state index in [0.717, 1.165) is 87.5 Å². The molecule has 372 valence electrons. The van der Waals surface area contributed by atoms with Crippen molar-refractivity contribution in [1.29, 1.82) is 0 Å². The molecule has 2 heterocycles. The minimum Gasteiger partial charge on any atom is -0.380 e. The highest BCUT2D eigenvalue weighted by Gasteiger charge is 2.73. The standard InChI is InChI=1S/C49H63F5N6O5S3/c1-46(2)19-15-35(41(28-46)47-31-48(32-47,33-47)45(50)51)29-59-23-25-60(26-24-59)38-11-9-34(10-12-38)44(61)57-68(64,65)40-13-14-42(43(27-40)67(62,63)49(52,53)54)56-37(30-66-39-7-5-4-6-8-39)18-22-58-20-16-36(55-3)17-21-58/h4-14,27,36-37,45,55-56H,15-26,28-33H2,1-3H3,(H,57,61)/t37-,47?,48?/m1/s1. The first kappa shape index (κ1) is 50.6. The molecule has 4 aliphatic carbocycles. The number of carbonyl (C=O) groups is 1. The highest BCUT2D eigenvalue weighted by molar-refractivity contribution is 7.99. The Morgan fingerprint density at radius 1 is 0.868 bits per heavy atom. The van der Waals surface area contributed by atoms with Crippen LogP contribution in [0, 0.1) is 16.2 Å². The molecule has 3 saturated carbocycles. The van der Waals surface area contributed by atoms with Gasteiger partial charge in [0.05, 0.1) is 10.6 Å². The molecule has 5 fully saturated rings. The SMILES string of the molecule is CNC1CCN(CC[C@H](CSc2ccccc2)Nc2ccc(S(=O)(=O)NC(=O)c3ccc(N4CCN(CC5=C(C67CC(C(F)F)(C6)C7)CC(C)(C)CC5)CC4)cc3)cc2S(=O)(=O)C(F)(F)F)CC1. The van der Waals surface area contributed by atoms with Gasteiger partial charge < -0.3 is 20.4 Å². The minimum atomic E-state index is -6.07. The predicted octanol–water partition coefficient (Wildman–Crippen LogP) is 8.81. The van der Waals surface area contributed by atoms with E-state index in [2.05, 4.69) is 39.2 Å². The molecule has 0 aromatic heterocycles. The van der Waals surface area contributed by atoms with E-state index in [1.165, 1.54) is 35.0 Å². The number of nitrogens with one attached hydrogen (secondary N) is 3. The predicted molar refractivity (Wildman–Crippen MR) is 257 cm³/mol. The average Bonchev–Trinajstić information content (AvgIpc) is 3.27. The van der Waals surface area contributed by atoms with Crippen molar-refractivity contribution in [1.82, 2.24) is 19.8 Å². The number of hydrogen-bond acceptors (Lipinski definition) is 11. The fraction of sp³-hybridized carbons (Fsp3) is 0.571. The Bertz CT molecular complexity index is 2530. The summed E-state index contributed by atoms with van der Waals surface area (Å²) < 4.78 is 126. The molecule has 2 saturated heterocycles. The summed E-state index contributed by atoms with van der Waals surface area (Å²) in [6, 6.07) is 18.1. The van der Waals surface area contributed by atoms with Gasteiger partial charge in [-0.2, -0.15) is 13.2 Å². The molecule has 0 spiro atoms. The van der Waals surface area contributed by atoms with Crippen LogP contribution in [-0.2, 0) is 19.9 Å². The molecule has 11 nitrogen and oxygen atoms in total. The number of rotatable bonds is 18. The zero-order chi connectivity index (χ0) is 48.7. The number of nitrogens with zero attached hydrogens (tertiary/aromatic N) is 3. The largest absolute Gasteiger partial charge is 0.501 e. The van der Waals surface area contributed by atoms with E-state index in [4.69, 9.17) is 0 Å². The zero-order valence-electron chi connectivity index (χ0n) is 38.9. The third-order valence-corrected chi connectivity index (χ3v) is 19.1. The number of alkyl halides is 5. The van der Waals surface area contributed by atoms with Gasteiger partial charge in [0.1, 0.15) is 4.90 Å². The van der Waals surface area contributed by atoms with E-state index in [0.29, 0.717) is 63.2 Å². The molecule has 3 aromatic carbocycles. The first-order chi connectivity index (χ1) is 32.1. The van der Waals surface area contributed by atoms with Gasteiger partial charge in [0, 0.05) is 78.7 Å². The van der Waals surface area contributed by atoms with Crippen molar-refractivity contribution < 1.29 is 43.6 Å². The fourth-order valence-electron chi connectivity index (χ4n) is 11.0. The maximum absolute atomic E-state index is 14.2. The zero-order valence-corrected chi connectivity index (χ0v) is 41.3. The summed E-state index contributed by atoms with van der Waals surface area (Å²) in [5.74, 6) is -0.662. The van der Waals surface area contributed by atoms with Gasteiger partial charge in [-0.1, -0.05) is 43.2 Å². The summed E-state index contributed by atoms with van der Waals surface area (Å²) in [4.78, 5) is 19.1. The van der Waals surface area contributed by atoms with Gasteiger partial charge in [0.15, 0.2) is 0 Å². The number of sulfone groups is 1. The minimum absolute atomic E-state index is 0.0201. The Balaban J connectivity index is 0.916. The number of anilines is 2. The number of thioether (sulfide) groups is 1. The van der Waals surface area contributed by atoms with Gasteiger partial charge in [0.2, 0.25) is 6.43 Å². The van der Waals surface area contributed by atoms with Gasteiger partial charge in [-0.15, -0.1) is 11.8 Å². The lowest BCUT2D eigenvalue weighted by molar-refractivity contribution is -0.250. The summed E-state index contributed by atoms with van der Waals surface area (Å²) in [5.41, 5.74) is -3.17. The number of halogens is 5. The van der Waals surface area contributed by atoms with Gasteiger partial charge in [0.25, 0.3) is 25.8 Å². The second-order valence-electron chi connectivity index (χ2n) is 20.4. The molecule has 3 N–H and O–H groups in total. The molecule has 1 amide bonds. The highest BCUT2D eigenvalue weighted by Crippen LogP contribution is 2.79. The lowest BCUT2D eigenvalue weighted by Crippen LogP contribution is -2.66. The number of allylic oxidation sites excluding steroid dienone is 1. The van der Waals surface area contributed by atoms with Crippen molar-refractivity contribution in [3.63, 3.8) is 0 Å². The van der Waals surface area contributed by atoms with Gasteiger partial charge in [-0.05, 0) is 143 Å². The number of piperazine rings is 1. The molecule has 3 aromatic rings. The number of benzene rings is 3. The Morgan fingerprint density at radius 2 is 1.53 bits per heavy atom. The summed E-state index contributed by atoms with van der Waals surface area (Å²) in [5, 5.41) is 6.31. The molecular formula is C49H63F5N6O5S3. The van der Waals surface area contributed by atoms with Crippen LogP contribution >= 0.6 is 11.8 Å². The van der Waals surface area contributed by atoms with Gasteiger partial charge in [-0.3, -0.25) is 9.69 Å². The molecule has 0 unspecified atom stereocenters. The molecule has 0 radical (unpaired) electrons. The summed E-state index contributed by atoms with van der Waals surface area (Å²) >= 11 is 1.46. The summed E-state index contributed by atoms with van der Waals surface area (Å²) in [6.45, 7) is 10.6. The smallest absolute Gasteiger partial charge is 0.380 e. The summed E-state index contributed by atoms with van der Waals surface area (Å²) in [6.07, 6.45) is 4.91. The Hall–Kier alpha value is -3.75. The van der Waals surface area contributed by atoms with Crippen molar-refractivity contribution in [2.45, 2.75) is 110 Å². The molecule has 68 heavy (non-hydrogen) atoms. The number of piperidine rings is 1. The Labute approximate surface area is 402 Å². The number of carbonyl (C=O) groups excluding carboxylic acids is 1. The number of amides is 1. The van der Waals surface area contributed by atoms with E-state index in [9.17, 15) is 43.6 Å². The number of likely N-dealkylation sites (tertiary alicyclic amines) is 1. The second-order valence-corrected chi connectivity index (χ2v) is 25.1. The van der Waals surface area contributed by atoms with E-state index < -0.39 is 64.6 Å². The third-order valence-electron chi connectivity index (χ3n) is 15.1. The van der Waals surface area contributed by atoms with Crippen LogP contribution in [0.4, 0.5) is 33.3 Å². The maximum atomic E-state index is 14.2. The fourth-order valence-corrected chi connectivity index (χ4v) is 14.1. The average molecular weight is 1010 g/mol. The number of hydrogen-bond donors (Lipinski definition) is 3. The van der Waals surface area contributed by atoms with Crippen molar-refractivity contribution in [3.8, 4) is 0 Å². The molecule has 19 heteroatoms. The first-order valence-corrected chi connectivity index (χ1v) is 27.5. The molecular weight excluding hydrogens is 944 g/mol. The lowest BCUT2D eigenvalue weighted by atomic mass is 9.32. The van der Waals surface area contributed by atoms with Crippen LogP contribution < -0.4 is 20.3 Å². The van der Waals surface area contributed by atoms with Crippen LogP contribution in [0.1, 0.15) is 82.0 Å². The van der Waals surface area contributed by atoms with Crippen molar-refractivity contribution >= 4 is 48.9 Å². The van der Waals surface area contributed by atoms with E-state index >= 15 is 0 Å². The van der Waals surface area contributed by atoms with Crippen LogP contribution in [0.15, 0.2) is 98.6 Å².